The number of hydrogen-bond acceptors (Lipinski definition) is 1. The van der Waals surface area contributed by atoms with Crippen LogP contribution in [-0.4, -0.2) is 18.3 Å². The van der Waals surface area contributed by atoms with Gasteiger partial charge in [-0.3, -0.25) is 0 Å². The minimum Gasteiger partial charge on any atom is -0.385 e. The second-order valence-electron chi connectivity index (χ2n) is 4.21. The zero-order valence-corrected chi connectivity index (χ0v) is 10.4. The first-order valence-electron chi connectivity index (χ1n) is 6.02. The number of halogens is 1. The average Bonchev–Trinajstić information content (AvgIpc) is 2.71. The zero-order valence-electron chi connectivity index (χ0n) is 10.4. The van der Waals surface area contributed by atoms with Crippen molar-refractivity contribution in [2.45, 2.75) is 26.3 Å². The molecule has 0 aliphatic carbocycles. The summed E-state index contributed by atoms with van der Waals surface area (Å²) in [4.78, 5) is 0. The van der Waals surface area contributed by atoms with Crippen LogP contribution in [0.2, 0.25) is 0 Å². The Kier molecular flexibility index (Phi) is 3.79. The van der Waals surface area contributed by atoms with E-state index in [1.165, 1.54) is 0 Å². The van der Waals surface area contributed by atoms with E-state index in [-0.39, 0.29) is 5.82 Å². The summed E-state index contributed by atoms with van der Waals surface area (Å²) >= 11 is 0. The average molecular weight is 235 g/mol. The summed E-state index contributed by atoms with van der Waals surface area (Å²) < 4.78 is 20.8. The minimum atomic E-state index is -0.102. The third-order valence-corrected chi connectivity index (χ3v) is 3.07. The molecule has 0 spiro atoms. The van der Waals surface area contributed by atoms with Gasteiger partial charge in [-0.25, -0.2) is 4.39 Å². The third kappa shape index (κ3) is 2.50. The molecule has 2 nitrogen and oxygen atoms in total. The minimum absolute atomic E-state index is 0.102. The van der Waals surface area contributed by atoms with Gasteiger partial charge in [-0.1, -0.05) is 6.92 Å². The Bertz CT molecular complexity index is 504. The van der Waals surface area contributed by atoms with Gasteiger partial charge in [-0.15, -0.1) is 0 Å². The molecule has 0 bridgehead atoms. The summed E-state index contributed by atoms with van der Waals surface area (Å²) in [5.41, 5.74) is 1.89. The van der Waals surface area contributed by atoms with Crippen molar-refractivity contribution >= 4 is 10.9 Å². The summed E-state index contributed by atoms with van der Waals surface area (Å²) in [6, 6.07) is 5.54. The van der Waals surface area contributed by atoms with Crippen LogP contribution in [-0.2, 0) is 17.7 Å². The normalized spacial score (nSPS) is 11.2. The van der Waals surface area contributed by atoms with Crippen molar-refractivity contribution in [2.75, 3.05) is 13.7 Å². The number of hydrogen-bond donors (Lipinski definition) is 0. The first kappa shape index (κ1) is 12.1. The Morgan fingerprint density at radius 2 is 2.18 bits per heavy atom. The fourth-order valence-corrected chi connectivity index (χ4v) is 2.10. The van der Waals surface area contributed by atoms with Crippen LogP contribution in [0.3, 0.4) is 0 Å². The molecule has 1 aromatic heterocycles. The maximum atomic E-state index is 13.6. The van der Waals surface area contributed by atoms with Crippen LogP contribution >= 0.6 is 0 Å². The van der Waals surface area contributed by atoms with Crippen LogP contribution in [0.25, 0.3) is 10.9 Å². The Morgan fingerprint density at radius 3 is 2.88 bits per heavy atom. The van der Waals surface area contributed by atoms with Gasteiger partial charge in [-0.05, 0) is 36.6 Å². The number of fused-ring (bicyclic) bond motifs is 1. The molecule has 0 unspecified atom stereocenters. The first-order chi connectivity index (χ1) is 8.26. The van der Waals surface area contributed by atoms with Gasteiger partial charge in [0.25, 0.3) is 0 Å². The van der Waals surface area contributed by atoms with Gasteiger partial charge in [0, 0.05) is 37.4 Å². The lowest BCUT2D eigenvalue weighted by atomic mass is 10.1. The predicted molar refractivity (Wildman–Crippen MR) is 67.8 cm³/mol. The molecule has 2 rings (SSSR count). The van der Waals surface area contributed by atoms with Gasteiger partial charge in [0.1, 0.15) is 5.82 Å². The Morgan fingerprint density at radius 1 is 1.35 bits per heavy atom. The molecular formula is C14H18FNO. The van der Waals surface area contributed by atoms with Crippen LogP contribution in [0.1, 0.15) is 18.9 Å². The van der Waals surface area contributed by atoms with Crippen molar-refractivity contribution in [3.8, 4) is 0 Å². The van der Waals surface area contributed by atoms with Gasteiger partial charge in [-0.2, -0.15) is 0 Å². The van der Waals surface area contributed by atoms with Crippen LogP contribution in [0.15, 0.2) is 24.4 Å². The molecule has 0 atom stereocenters. The van der Waals surface area contributed by atoms with Crippen molar-refractivity contribution in [1.29, 1.82) is 0 Å². The summed E-state index contributed by atoms with van der Waals surface area (Å²) in [6.07, 6.45) is 3.71. The van der Waals surface area contributed by atoms with Gasteiger partial charge in [0.15, 0.2) is 0 Å². The van der Waals surface area contributed by atoms with Gasteiger partial charge >= 0.3 is 0 Å². The molecule has 0 saturated heterocycles. The monoisotopic (exact) mass is 235 g/mol. The fourth-order valence-electron chi connectivity index (χ4n) is 2.10. The highest BCUT2D eigenvalue weighted by Crippen LogP contribution is 2.21. The van der Waals surface area contributed by atoms with Crippen molar-refractivity contribution in [2.24, 2.45) is 0 Å². The largest absolute Gasteiger partial charge is 0.385 e. The van der Waals surface area contributed by atoms with Crippen LogP contribution in [0.4, 0.5) is 4.39 Å². The molecule has 0 radical (unpaired) electrons. The van der Waals surface area contributed by atoms with Gasteiger partial charge < -0.3 is 9.30 Å². The SMILES string of the molecule is CCc1cc2c(ccn2CCCOC)cc1F. The number of benzene rings is 1. The molecule has 17 heavy (non-hydrogen) atoms. The van der Waals surface area contributed by atoms with E-state index in [1.54, 1.807) is 13.2 Å². The first-order valence-corrected chi connectivity index (χ1v) is 6.02. The van der Waals surface area contributed by atoms with E-state index in [0.29, 0.717) is 0 Å². The zero-order chi connectivity index (χ0) is 12.3. The van der Waals surface area contributed by atoms with Crippen LogP contribution in [0.5, 0.6) is 0 Å². The van der Waals surface area contributed by atoms with E-state index >= 15 is 0 Å². The van der Waals surface area contributed by atoms with E-state index in [2.05, 4.69) is 4.57 Å². The highest BCUT2D eigenvalue weighted by Gasteiger charge is 2.06. The third-order valence-electron chi connectivity index (χ3n) is 3.07. The molecule has 0 aliphatic heterocycles. The number of nitrogens with zero attached hydrogens (tertiary/aromatic N) is 1. The fraction of sp³-hybridized carbons (Fsp3) is 0.429. The second kappa shape index (κ2) is 5.32. The number of rotatable bonds is 5. The lowest BCUT2D eigenvalue weighted by molar-refractivity contribution is 0.190. The number of aryl methyl sites for hydroxylation is 2. The van der Waals surface area contributed by atoms with Crippen LogP contribution in [0, 0.1) is 5.82 Å². The topological polar surface area (TPSA) is 14.2 Å². The van der Waals surface area contributed by atoms with Crippen molar-refractivity contribution in [3.05, 3.63) is 35.8 Å². The summed E-state index contributed by atoms with van der Waals surface area (Å²) in [5, 5.41) is 0.970. The standard InChI is InChI=1S/C14H18FNO/c1-3-11-10-14-12(9-13(11)15)5-7-16(14)6-4-8-17-2/h5,7,9-10H,3-4,6,8H2,1-2H3. The summed E-state index contributed by atoms with van der Waals surface area (Å²) in [5.74, 6) is -0.102. The molecule has 0 fully saturated rings. The van der Waals surface area contributed by atoms with Crippen molar-refractivity contribution in [3.63, 3.8) is 0 Å². The Balaban J connectivity index is 2.31. The molecule has 2 aromatic rings. The van der Waals surface area contributed by atoms with Gasteiger partial charge in [0.2, 0.25) is 0 Å². The van der Waals surface area contributed by atoms with E-state index in [1.807, 2.05) is 25.3 Å². The van der Waals surface area contributed by atoms with Crippen molar-refractivity contribution in [1.82, 2.24) is 4.57 Å². The molecule has 0 saturated carbocycles. The molecule has 92 valence electrons. The number of aromatic nitrogens is 1. The summed E-state index contributed by atoms with van der Waals surface area (Å²) in [6.45, 7) is 3.63. The number of ether oxygens (including phenoxy) is 1. The lowest BCUT2D eigenvalue weighted by Crippen LogP contribution is -2.00. The predicted octanol–water partition coefficient (Wildman–Crippen LogP) is 3.38. The molecule has 0 amide bonds. The van der Waals surface area contributed by atoms with E-state index in [0.717, 1.165) is 42.5 Å². The molecule has 1 heterocycles. The van der Waals surface area contributed by atoms with E-state index in [4.69, 9.17) is 4.74 Å². The maximum Gasteiger partial charge on any atom is 0.127 e. The van der Waals surface area contributed by atoms with E-state index in [9.17, 15) is 4.39 Å². The molecular weight excluding hydrogens is 217 g/mol. The molecule has 0 aliphatic rings. The summed E-state index contributed by atoms with van der Waals surface area (Å²) in [7, 11) is 1.71. The smallest absolute Gasteiger partial charge is 0.127 e. The second-order valence-corrected chi connectivity index (χ2v) is 4.21. The van der Waals surface area contributed by atoms with Gasteiger partial charge in [0.05, 0.1) is 0 Å². The quantitative estimate of drug-likeness (QED) is 0.725. The Labute approximate surface area is 101 Å². The lowest BCUT2D eigenvalue weighted by Gasteiger charge is -2.06. The Hall–Kier alpha value is -1.35. The molecule has 0 N–H and O–H groups in total. The molecule has 3 heteroatoms. The van der Waals surface area contributed by atoms with E-state index < -0.39 is 0 Å². The van der Waals surface area contributed by atoms with Crippen LogP contribution < -0.4 is 0 Å². The maximum absolute atomic E-state index is 13.6. The van der Waals surface area contributed by atoms with Crippen molar-refractivity contribution < 1.29 is 9.13 Å². The number of methoxy groups -OCH3 is 1. The molecule has 1 aromatic carbocycles. The highest BCUT2D eigenvalue weighted by atomic mass is 19.1. The highest BCUT2D eigenvalue weighted by molar-refractivity contribution is 5.81.